The van der Waals surface area contributed by atoms with Crippen molar-refractivity contribution in [3.05, 3.63) is 70.5 Å². The van der Waals surface area contributed by atoms with E-state index in [1.807, 2.05) is 30.3 Å². The number of methoxy groups -OCH3 is 1. The molecule has 0 N–H and O–H groups in total. The van der Waals surface area contributed by atoms with Crippen LogP contribution in [0.25, 0.3) is 0 Å². The van der Waals surface area contributed by atoms with E-state index in [2.05, 4.69) is 4.74 Å². The zero-order valence-corrected chi connectivity index (χ0v) is 13.9. The standard InChI is InChI=1S/C18H17ClFNO3/c1-24-16(22)10-11-21(12-13-6-3-2-4-7-13)18(23)17-14(19)8-5-9-15(17)20/h2-9H,10-12H2,1H3. The first kappa shape index (κ1) is 17.9. The molecule has 0 atom stereocenters. The number of ether oxygens (including phenoxy) is 1. The molecule has 0 saturated carbocycles. The number of carbonyl (C=O) groups is 2. The van der Waals surface area contributed by atoms with Gasteiger partial charge in [-0.1, -0.05) is 48.0 Å². The van der Waals surface area contributed by atoms with Crippen LogP contribution in [0.1, 0.15) is 22.3 Å². The topological polar surface area (TPSA) is 46.6 Å². The Kier molecular flexibility index (Phi) is 6.32. The molecular formula is C18H17ClFNO3. The van der Waals surface area contributed by atoms with Crippen LogP contribution in [0.3, 0.4) is 0 Å². The average Bonchev–Trinajstić information content (AvgIpc) is 2.58. The third-order valence-corrected chi connectivity index (χ3v) is 3.81. The maximum Gasteiger partial charge on any atom is 0.307 e. The van der Waals surface area contributed by atoms with Crippen LogP contribution in [-0.4, -0.2) is 30.4 Å². The predicted molar refractivity (Wildman–Crippen MR) is 89.2 cm³/mol. The zero-order chi connectivity index (χ0) is 17.5. The molecule has 0 aliphatic heterocycles. The molecule has 0 aliphatic carbocycles. The third-order valence-electron chi connectivity index (χ3n) is 3.49. The van der Waals surface area contributed by atoms with Gasteiger partial charge < -0.3 is 9.64 Å². The Labute approximate surface area is 144 Å². The largest absolute Gasteiger partial charge is 0.469 e. The molecule has 0 bridgehead atoms. The molecule has 0 saturated heterocycles. The van der Waals surface area contributed by atoms with Gasteiger partial charge in [0.15, 0.2) is 0 Å². The van der Waals surface area contributed by atoms with E-state index in [0.29, 0.717) is 0 Å². The van der Waals surface area contributed by atoms with Gasteiger partial charge in [0.25, 0.3) is 5.91 Å². The molecule has 0 fully saturated rings. The second kappa shape index (κ2) is 8.45. The lowest BCUT2D eigenvalue weighted by Crippen LogP contribution is -2.33. The van der Waals surface area contributed by atoms with Crippen molar-refractivity contribution in [2.24, 2.45) is 0 Å². The molecule has 0 unspecified atom stereocenters. The van der Waals surface area contributed by atoms with Crippen molar-refractivity contribution < 1.29 is 18.7 Å². The fourth-order valence-electron chi connectivity index (χ4n) is 2.24. The van der Waals surface area contributed by atoms with Gasteiger partial charge in [0, 0.05) is 13.1 Å². The number of carbonyl (C=O) groups excluding carboxylic acids is 2. The first-order chi connectivity index (χ1) is 11.5. The van der Waals surface area contributed by atoms with Gasteiger partial charge >= 0.3 is 5.97 Å². The minimum absolute atomic E-state index is 0.0150. The van der Waals surface area contributed by atoms with Crippen LogP contribution in [0, 0.1) is 5.82 Å². The highest BCUT2D eigenvalue weighted by Crippen LogP contribution is 2.22. The van der Waals surface area contributed by atoms with Crippen LogP contribution in [-0.2, 0) is 16.1 Å². The van der Waals surface area contributed by atoms with E-state index in [4.69, 9.17) is 11.6 Å². The van der Waals surface area contributed by atoms with Gasteiger partial charge in [0.2, 0.25) is 0 Å². The van der Waals surface area contributed by atoms with Gasteiger partial charge in [0.1, 0.15) is 5.82 Å². The SMILES string of the molecule is COC(=O)CCN(Cc1ccccc1)C(=O)c1c(F)cccc1Cl. The minimum atomic E-state index is -0.691. The normalized spacial score (nSPS) is 10.3. The molecular weight excluding hydrogens is 333 g/mol. The number of amides is 1. The number of halogens is 2. The van der Waals surface area contributed by atoms with Gasteiger partial charge in [-0.25, -0.2) is 4.39 Å². The first-order valence-electron chi connectivity index (χ1n) is 7.37. The maximum atomic E-state index is 14.0. The van der Waals surface area contributed by atoms with Crippen LogP contribution in [0.5, 0.6) is 0 Å². The molecule has 4 nitrogen and oxygen atoms in total. The van der Waals surface area contributed by atoms with E-state index in [-0.39, 0.29) is 30.1 Å². The molecule has 0 spiro atoms. The number of rotatable bonds is 6. The molecule has 6 heteroatoms. The van der Waals surface area contributed by atoms with Gasteiger partial charge in [-0.15, -0.1) is 0 Å². The lowest BCUT2D eigenvalue weighted by atomic mass is 10.1. The molecule has 126 valence electrons. The zero-order valence-electron chi connectivity index (χ0n) is 13.2. The summed E-state index contributed by atoms with van der Waals surface area (Å²) in [5.74, 6) is -1.70. The number of hydrogen-bond acceptors (Lipinski definition) is 3. The van der Waals surface area contributed by atoms with Crippen molar-refractivity contribution in [2.45, 2.75) is 13.0 Å². The Morgan fingerprint density at radius 3 is 2.46 bits per heavy atom. The highest BCUT2D eigenvalue weighted by Gasteiger charge is 2.23. The lowest BCUT2D eigenvalue weighted by Gasteiger charge is -2.23. The molecule has 0 radical (unpaired) electrons. The minimum Gasteiger partial charge on any atom is -0.469 e. The number of benzene rings is 2. The molecule has 0 aromatic heterocycles. The molecule has 2 aromatic carbocycles. The van der Waals surface area contributed by atoms with Crippen LogP contribution in [0.15, 0.2) is 48.5 Å². The summed E-state index contributed by atoms with van der Waals surface area (Å²) in [6.07, 6.45) is 0.0150. The highest BCUT2D eigenvalue weighted by molar-refractivity contribution is 6.33. The first-order valence-corrected chi connectivity index (χ1v) is 7.74. The number of esters is 1. The summed E-state index contributed by atoms with van der Waals surface area (Å²) in [6, 6.07) is 13.3. The number of hydrogen-bond donors (Lipinski definition) is 0. The van der Waals surface area contributed by atoms with Crippen LogP contribution in [0.2, 0.25) is 5.02 Å². The summed E-state index contributed by atoms with van der Waals surface area (Å²) < 4.78 is 18.6. The summed E-state index contributed by atoms with van der Waals surface area (Å²) in [6.45, 7) is 0.340. The van der Waals surface area contributed by atoms with E-state index in [9.17, 15) is 14.0 Å². The van der Waals surface area contributed by atoms with Crippen molar-refractivity contribution in [2.75, 3.05) is 13.7 Å². The van der Waals surface area contributed by atoms with E-state index >= 15 is 0 Å². The average molecular weight is 350 g/mol. The third kappa shape index (κ3) is 4.55. The Morgan fingerprint density at radius 1 is 1.12 bits per heavy atom. The number of nitrogens with zero attached hydrogens (tertiary/aromatic N) is 1. The lowest BCUT2D eigenvalue weighted by molar-refractivity contribution is -0.140. The van der Waals surface area contributed by atoms with Gasteiger partial charge in [-0.3, -0.25) is 9.59 Å². The van der Waals surface area contributed by atoms with Gasteiger partial charge in [-0.2, -0.15) is 0 Å². The fourth-order valence-corrected chi connectivity index (χ4v) is 2.49. The molecule has 0 heterocycles. The van der Waals surface area contributed by atoms with Crippen molar-refractivity contribution in [3.8, 4) is 0 Å². The van der Waals surface area contributed by atoms with Crippen molar-refractivity contribution in [1.82, 2.24) is 4.90 Å². The van der Waals surface area contributed by atoms with Crippen LogP contribution in [0.4, 0.5) is 4.39 Å². The Bertz CT molecular complexity index is 701. The van der Waals surface area contributed by atoms with Crippen molar-refractivity contribution in [1.29, 1.82) is 0 Å². The predicted octanol–water partition coefficient (Wildman–Crippen LogP) is 3.68. The van der Waals surface area contributed by atoms with E-state index < -0.39 is 17.7 Å². The van der Waals surface area contributed by atoms with Crippen molar-refractivity contribution in [3.63, 3.8) is 0 Å². The smallest absolute Gasteiger partial charge is 0.307 e. The van der Waals surface area contributed by atoms with Gasteiger partial charge in [0.05, 0.1) is 24.1 Å². The molecule has 2 aromatic rings. The van der Waals surface area contributed by atoms with Crippen LogP contribution >= 0.6 is 11.6 Å². The summed E-state index contributed by atoms with van der Waals surface area (Å²) in [5.41, 5.74) is 0.670. The summed E-state index contributed by atoms with van der Waals surface area (Å²) in [5, 5.41) is 0.0381. The quantitative estimate of drug-likeness (QED) is 0.747. The maximum absolute atomic E-state index is 14.0. The molecule has 2 rings (SSSR count). The Morgan fingerprint density at radius 2 is 1.83 bits per heavy atom. The highest BCUT2D eigenvalue weighted by atomic mass is 35.5. The summed E-state index contributed by atoms with van der Waals surface area (Å²) in [7, 11) is 1.28. The summed E-state index contributed by atoms with van der Waals surface area (Å²) >= 11 is 5.98. The van der Waals surface area contributed by atoms with Crippen LogP contribution < -0.4 is 0 Å². The molecule has 1 amide bonds. The Balaban J connectivity index is 2.26. The van der Waals surface area contributed by atoms with Gasteiger partial charge in [-0.05, 0) is 17.7 Å². The van der Waals surface area contributed by atoms with Crippen molar-refractivity contribution >= 4 is 23.5 Å². The molecule has 0 aliphatic rings. The fraction of sp³-hybridized carbons (Fsp3) is 0.222. The molecule has 24 heavy (non-hydrogen) atoms. The Hall–Kier alpha value is -2.40. The second-order valence-corrected chi connectivity index (χ2v) is 5.54. The summed E-state index contributed by atoms with van der Waals surface area (Å²) in [4.78, 5) is 25.5. The second-order valence-electron chi connectivity index (χ2n) is 5.14. The van der Waals surface area contributed by atoms with E-state index in [0.717, 1.165) is 5.56 Å². The van der Waals surface area contributed by atoms with E-state index in [1.165, 1.54) is 30.2 Å². The monoisotopic (exact) mass is 349 g/mol. The van der Waals surface area contributed by atoms with E-state index in [1.54, 1.807) is 0 Å².